The minimum atomic E-state index is -0.788. The molecule has 0 radical (unpaired) electrons. The highest BCUT2D eigenvalue weighted by atomic mass is 16.5. The molecule has 1 aliphatic heterocycles. The van der Waals surface area contributed by atoms with Crippen molar-refractivity contribution >= 4 is 11.8 Å². The van der Waals surface area contributed by atoms with Gasteiger partial charge in [-0.25, -0.2) is 0 Å². The van der Waals surface area contributed by atoms with Crippen molar-refractivity contribution in [3.8, 4) is 0 Å². The van der Waals surface area contributed by atoms with Crippen molar-refractivity contribution in [2.45, 2.75) is 65.1 Å². The van der Waals surface area contributed by atoms with Crippen molar-refractivity contribution in [2.24, 2.45) is 0 Å². The van der Waals surface area contributed by atoms with E-state index in [2.05, 4.69) is 5.32 Å². The van der Waals surface area contributed by atoms with E-state index in [1.807, 2.05) is 27.7 Å². The monoisotopic (exact) mass is 270 g/mol. The van der Waals surface area contributed by atoms with Crippen LogP contribution >= 0.6 is 0 Å². The first-order chi connectivity index (χ1) is 8.91. The zero-order valence-corrected chi connectivity index (χ0v) is 12.7. The Balaban J connectivity index is 2.99. The molecule has 0 bridgehead atoms. The van der Waals surface area contributed by atoms with E-state index in [0.29, 0.717) is 26.1 Å². The number of carbonyl (C=O) groups excluding carboxylic acids is 2. The molecule has 110 valence electrons. The van der Waals surface area contributed by atoms with Gasteiger partial charge >= 0.3 is 0 Å². The van der Waals surface area contributed by atoms with Gasteiger partial charge in [0.2, 0.25) is 11.8 Å². The average Bonchev–Trinajstić information content (AvgIpc) is 2.39. The number of nitrogens with one attached hydrogen (secondary N) is 1. The molecule has 0 aromatic heterocycles. The summed E-state index contributed by atoms with van der Waals surface area (Å²) in [5, 5.41) is 2.86. The molecule has 0 spiro atoms. The van der Waals surface area contributed by atoms with Crippen LogP contribution in [0.1, 0.15) is 47.5 Å². The molecule has 5 nitrogen and oxygen atoms in total. The van der Waals surface area contributed by atoms with Crippen molar-refractivity contribution in [3.05, 3.63) is 0 Å². The minimum absolute atomic E-state index is 0.00588. The SMILES string of the molecule is CCOCC(C)N1C(=O)C(C)(CC)NC(=O)C1CC. The summed E-state index contributed by atoms with van der Waals surface area (Å²) >= 11 is 0. The molecular weight excluding hydrogens is 244 g/mol. The van der Waals surface area contributed by atoms with Crippen LogP contribution < -0.4 is 5.32 Å². The topological polar surface area (TPSA) is 58.6 Å². The van der Waals surface area contributed by atoms with E-state index in [9.17, 15) is 9.59 Å². The summed E-state index contributed by atoms with van der Waals surface area (Å²) in [5.74, 6) is -0.0662. The number of hydrogen-bond donors (Lipinski definition) is 1. The highest BCUT2D eigenvalue weighted by Crippen LogP contribution is 2.25. The van der Waals surface area contributed by atoms with Gasteiger partial charge in [0.05, 0.1) is 12.6 Å². The first-order valence-electron chi connectivity index (χ1n) is 7.13. The maximum absolute atomic E-state index is 12.7. The Labute approximate surface area is 115 Å². The maximum Gasteiger partial charge on any atom is 0.249 e. The van der Waals surface area contributed by atoms with Crippen molar-refractivity contribution in [3.63, 3.8) is 0 Å². The van der Waals surface area contributed by atoms with Gasteiger partial charge in [0, 0.05) is 6.61 Å². The van der Waals surface area contributed by atoms with Gasteiger partial charge in [-0.15, -0.1) is 0 Å². The van der Waals surface area contributed by atoms with E-state index in [1.54, 1.807) is 11.8 Å². The second kappa shape index (κ2) is 6.37. The van der Waals surface area contributed by atoms with Crippen LogP contribution in [0.4, 0.5) is 0 Å². The van der Waals surface area contributed by atoms with Crippen LogP contribution in [0, 0.1) is 0 Å². The second-order valence-electron chi connectivity index (χ2n) is 5.32. The lowest BCUT2D eigenvalue weighted by atomic mass is 9.90. The normalized spacial score (nSPS) is 29.3. The Morgan fingerprint density at radius 1 is 1.37 bits per heavy atom. The fraction of sp³-hybridized carbons (Fsp3) is 0.857. The lowest BCUT2D eigenvalue weighted by Crippen LogP contribution is -2.70. The summed E-state index contributed by atoms with van der Waals surface area (Å²) in [6.07, 6.45) is 1.21. The highest BCUT2D eigenvalue weighted by Gasteiger charge is 2.47. The summed E-state index contributed by atoms with van der Waals surface area (Å²) in [5.41, 5.74) is -0.788. The van der Waals surface area contributed by atoms with Crippen LogP contribution in [0.3, 0.4) is 0 Å². The average molecular weight is 270 g/mol. The van der Waals surface area contributed by atoms with Crippen LogP contribution in [-0.4, -0.2) is 47.6 Å². The van der Waals surface area contributed by atoms with Gasteiger partial charge in [-0.05, 0) is 33.6 Å². The summed E-state index contributed by atoms with van der Waals surface area (Å²) in [6.45, 7) is 10.6. The lowest BCUT2D eigenvalue weighted by Gasteiger charge is -2.46. The van der Waals surface area contributed by atoms with Gasteiger partial charge in [0.25, 0.3) is 0 Å². The first-order valence-corrected chi connectivity index (χ1v) is 7.13. The van der Waals surface area contributed by atoms with E-state index in [-0.39, 0.29) is 23.9 Å². The van der Waals surface area contributed by atoms with Crippen LogP contribution in [0.2, 0.25) is 0 Å². The predicted octanol–water partition coefficient (Wildman–Crippen LogP) is 1.32. The smallest absolute Gasteiger partial charge is 0.249 e. The van der Waals surface area contributed by atoms with Gasteiger partial charge < -0.3 is 15.0 Å². The zero-order valence-electron chi connectivity index (χ0n) is 12.7. The number of rotatable bonds is 6. The highest BCUT2D eigenvalue weighted by molar-refractivity contribution is 5.99. The molecule has 1 heterocycles. The van der Waals surface area contributed by atoms with E-state index in [4.69, 9.17) is 4.74 Å². The fourth-order valence-electron chi connectivity index (χ4n) is 2.46. The van der Waals surface area contributed by atoms with E-state index in [1.165, 1.54) is 0 Å². The Hall–Kier alpha value is -1.10. The zero-order chi connectivity index (χ0) is 14.6. The molecule has 19 heavy (non-hydrogen) atoms. The number of amides is 2. The maximum atomic E-state index is 12.7. The van der Waals surface area contributed by atoms with E-state index in [0.717, 1.165) is 0 Å². The van der Waals surface area contributed by atoms with Crippen molar-refractivity contribution in [1.29, 1.82) is 0 Å². The number of carbonyl (C=O) groups is 2. The number of hydrogen-bond acceptors (Lipinski definition) is 3. The van der Waals surface area contributed by atoms with Gasteiger partial charge in [-0.1, -0.05) is 13.8 Å². The summed E-state index contributed by atoms with van der Waals surface area (Å²) < 4.78 is 5.40. The molecule has 5 heteroatoms. The van der Waals surface area contributed by atoms with Crippen LogP contribution in [0.15, 0.2) is 0 Å². The van der Waals surface area contributed by atoms with E-state index >= 15 is 0 Å². The molecule has 3 atom stereocenters. The molecule has 2 amide bonds. The first kappa shape index (κ1) is 16.0. The molecule has 0 saturated carbocycles. The lowest BCUT2D eigenvalue weighted by molar-refractivity contribution is -0.158. The standard InChI is InChI=1S/C14H26N2O3/c1-6-11-12(17)15-14(5,7-2)13(18)16(11)10(4)9-19-8-3/h10-11H,6-9H2,1-5H3,(H,15,17). The number of piperazine rings is 1. The Morgan fingerprint density at radius 3 is 2.47 bits per heavy atom. The largest absolute Gasteiger partial charge is 0.380 e. The number of ether oxygens (including phenoxy) is 1. The van der Waals surface area contributed by atoms with Gasteiger partial charge in [-0.3, -0.25) is 9.59 Å². The Bertz CT molecular complexity index is 346. The minimum Gasteiger partial charge on any atom is -0.380 e. The molecule has 3 unspecified atom stereocenters. The van der Waals surface area contributed by atoms with Gasteiger partial charge in [-0.2, -0.15) is 0 Å². The molecule has 0 aromatic carbocycles. The third-order valence-corrected chi connectivity index (χ3v) is 3.88. The molecular formula is C14H26N2O3. The third kappa shape index (κ3) is 3.08. The summed E-state index contributed by atoms with van der Waals surface area (Å²) in [7, 11) is 0. The molecule has 1 rings (SSSR count). The molecule has 1 aliphatic rings. The molecule has 1 fully saturated rings. The fourth-order valence-corrected chi connectivity index (χ4v) is 2.46. The van der Waals surface area contributed by atoms with Crippen LogP contribution in [-0.2, 0) is 14.3 Å². The second-order valence-corrected chi connectivity index (χ2v) is 5.32. The summed E-state index contributed by atoms with van der Waals surface area (Å²) in [6, 6.07) is -0.475. The molecule has 1 N–H and O–H groups in total. The van der Waals surface area contributed by atoms with Gasteiger partial charge in [0.15, 0.2) is 0 Å². The molecule has 1 saturated heterocycles. The summed E-state index contributed by atoms with van der Waals surface area (Å²) in [4.78, 5) is 26.5. The van der Waals surface area contributed by atoms with Crippen molar-refractivity contribution < 1.29 is 14.3 Å². The van der Waals surface area contributed by atoms with Crippen LogP contribution in [0.25, 0.3) is 0 Å². The van der Waals surface area contributed by atoms with Crippen molar-refractivity contribution in [2.75, 3.05) is 13.2 Å². The molecule has 0 aliphatic carbocycles. The number of nitrogens with zero attached hydrogens (tertiary/aromatic N) is 1. The molecule has 0 aromatic rings. The Kier molecular flexibility index (Phi) is 5.35. The van der Waals surface area contributed by atoms with E-state index < -0.39 is 5.54 Å². The third-order valence-electron chi connectivity index (χ3n) is 3.88. The van der Waals surface area contributed by atoms with Crippen LogP contribution in [0.5, 0.6) is 0 Å². The van der Waals surface area contributed by atoms with Gasteiger partial charge in [0.1, 0.15) is 11.6 Å². The quantitative estimate of drug-likeness (QED) is 0.792. The predicted molar refractivity (Wildman–Crippen MR) is 73.7 cm³/mol. The van der Waals surface area contributed by atoms with Crippen molar-refractivity contribution in [1.82, 2.24) is 10.2 Å². The Morgan fingerprint density at radius 2 is 2.00 bits per heavy atom.